The van der Waals surface area contributed by atoms with E-state index in [9.17, 15) is 0 Å². The lowest BCUT2D eigenvalue weighted by Crippen LogP contribution is -2.35. The Morgan fingerprint density at radius 3 is 2.79 bits per heavy atom. The van der Waals surface area contributed by atoms with Crippen molar-refractivity contribution in [1.29, 1.82) is 0 Å². The minimum Gasteiger partial charge on any atom is -0.491 e. The lowest BCUT2D eigenvalue weighted by Gasteiger charge is -2.26. The van der Waals surface area contributed by atoms with Crippen LogP contribution in [-0.4, -0.2) is 39.1 Å². The van der Waals surface area contributed by atoms with Gasteiger partial charge in [-0.3, -0.25) is 0 Å². The standard InChI is InChI=1S/C22H21N5O/c1-2-7-16(8-3-1)18-10-4-5-11-19(18)28-13-17-9-6-12-27(17)22-20-21(24-14-23-20)25-15-26-22/h1-5,7-8,10-11,14-15,17H,6,9,12-13H2,(H,23,24,25,26)/t17-/m1/s1. The van der Waals surface area contributed by atoms with Crippen molar-refractivity contribution in [3.63, 3.8) is 0 Å². The third-order valence-corrected chi connectivity index (χ3v) is 5.25. The highest BCUT2D eigenvalue weighted by Gasteiger charge is 2.28. The summed E-state index contributed by atoms with van der Waals surface area (Å²) in [6.07, 6.45) is 5.45. The summed E-state index contributed by atoms with van der Waals surface area (Å²) < 4.78 is 6.31. The molecule has 0 spiro atoms. The lowest BCUT2D eigenvalue weighted by molar-refractivity contribution is 0.289. The second-order valence-corrected chi connectivity index (χ2v) is 6.96. The van der Waals surface area contributed by atoms with Crippen LogP contribution in [0.15, 0.2) is 67.3 Å². The van der Waals surface area contributed by atoms with Gasteiger partial charge in [0.25, 0.3) is 0 Å². The number of para-hydroxylation sites is 1. The number of hydrogen-bond donors (Lipinski definition) is 1. The van der Waals surface area contributed by atoms with Crippen LogP contribution in [0.25, 0.3) is 22.3 Å². The van der Waals surface area contributed by atoms with Crippen molar-refractivity contribution in [2.45, 2.75) is 18.9 Å². The van der Waals surface area contributed by atoms with Gasteiger partial charge in [-0.2, -0.15) is 0 Å². The molecule has 1 aliphatic heterocycles. The molecular weight excluding hydrogens is 350 g/mol. The Morgan fingerprint density at radius 2 is 1.86 bits per heavy atom. The number of imidazole rings is 1. The smallest absolute Gasteiger partial charge is 0.162 e. The van der Waals surface area contributed by atoms with Crippen LogP contribution < -0.4 is 9.64 Å². The fourth-order valence-electron chi connectivity index (χ4n) is 3.88. The number of aromatic nitrogens is 4. The number of anilines is 1. The molecule has 140 valence electrons. The Bertz CT molecular complexity index is 1080. The van der Waals surface area contributed by atoms with Crippen LogP contribution in [0.2, 0.25) is 0 Å². The molecule has 2 aromatic heterocycles. The van der Waals surface area contributed by atoms with E-state index in [0.717, 1.165) is 53.2 Å². The fourth-order valence-corrected chi connectivity index (χ4v) is 3.88. The molecule has 1 N–H and O–H groups in total. The van der Waals surface area contributed by atoms with Crippen molar-refractivity contribution in [1.82, 2.24) is 19.9 Å². The number of H-pyrrole nitrogens is 1. The zero-order valence-corrected chi connectivity index (χ0v) is 15.5. The van der Waals surface area contributed by atoms with Gasteiger partial charge in [-0.25, -0.2) is 15.0 Å². The second kappa shape index (κ2) is 7.31. The number of rotatable bonds is 5. The summed E-state index contributed by atoms with van der Waals surface area (Å²) in [6, 6.07) is 18.8. The molecule has 0 unspecified atom stereocenters. The van der Waals surface area contributed by atoms with Crippen molar-refractivity contribution >= 4 is 17.0 Å². The van der Waals surface area contributed by atoms with Gasteiger partial charge in [-0.1, -0.05) is 48.5 Å². The predicted molar refractivity (Wildman–Crippen MR) is 109 cm³/mol. The van der Waals surface area contributed by atoms with Gasteiger partial charge >= 0.3 is 0 Å². The summed E-state index contributed by atoms with van der Waals surface area (Å²) in [7, 11) is 0. The molecule has 0 radical (unpaired) electrons. The van der Waals surface area contributed by atoms with E-state index >= 15 is 0 Å². The van der Waals surface area contributed by atoms with E-state index in [2.05, 4.69) is 55.2 Å². The van der Waals surface area contributed by atoms with E-state index < -0.39 is 0 Å². The first kappa shape index (κ1) is 16.7. The fraction of sp³-hybridized carbons (Fsp3) is 0.227. The molecule has 4 aromatic rings. The molecule has 1 aliphatic rings. The van der Waals surface area contributed by atoms with Gasteiger partial charge in [0.1, 0.15) is 24.2 Å². The molecule has 6 nitrogen and oxygen atoms in total. The third kappa shape index (κ3) is 3.07. The first-order valence-corrected chi connectivity index (χ1v) is 9.58. The average Bonchev–Trinajstić information content (AvgIpc) is 3.42. The van der Waals surface area contributed by atoms with Crippen LogP contribution >= 0.6 is 0 Å². The maximum atomic E-state index is 6.31. The van der Waals surface area contributed by atoms with Gasteiger partial charge in [-0.05, 0) is 24.5 Å². The number of nitrogens with zero attached hydrogens (tertiary/aromatic N) is 4. The molecule has 2 aromatic carbocycles. The number of aromatic amines is 1. The molecule has 0 aliphatic carbocycles. The zero-order chi connectivity index (χ0) is 18.8. The van der Waals surface area contributed by atoms with E-state index in [1.54, 1.807) is 12.7 Å². The Hall–Kier alpha value is -3.41. The number of ether oxygens (including phenoxy) is 1. The van der Waals surface area contributed by atoms with Crippen LogP contribution in [0.5, 0.6) is 5.75 Å². The molecule has 1 saturated heterocycles. The van der Waals surface area contributed by atoms with E-state index in [1.807, 2.05) is 24.3 Å². The normalized spacial score (nSPS) is 16.6. The highest BCUT2D eigenvalue weighted by atomic mass is 16.5. The number of hydrogen-bond acceptors (Lipinski definition) is 5. The number of nitrogens with one attached hydrogen (secondary N) is 1. The third-order valence-electron chi connectivity index (χ3n) is 5.25. The molecule has 28 heavy (non-hydrogen) atoms. The van der Waals surface area contributed by atoms with Gasteiger partial charge in [0, 0.05) is 12.1 Å². The molecule has 0 bridgehead atoms. The van der Waals surface area contributed by atoms with Crippen LogP contribution in [-0.2, 0) is 0 Å². The zero-order valence-electron chi connectivity index (χ0n) is 15.5. The minimum absolute atomic E-state index is 0.263. The van der Waals surface area contributed by atoms with Crippen molar-refractivity contribution in [3.8, 4) is 16.9 Å². The first-order chi connectivity index (χ1) is 13.9. The first-order valence-electron chi connectivity index (χ1n) is 9.58. The van der Waals surface area contributed by atoms with Gasteiger partial charge in [0.05, 0.1) is 12.4 Å². The van der Waals surface area contributed by atoms with Crippen molar-refractivity contribution < 1.29 is 4.74 Å². The average molecular weight is 371 g/mol. The second-order valence-electron chi connectivity index (χ2n) is 6.96. The Balaban J connectivity index is 1.38. The van der Waals surface area contributed by atoms with Gasteiger partial charge < -0.3 is 14.6 Å². The molecule has 5 rings (SSSR count). The van der Waals surface area contributed by atoms with E-state index in [1.165, 1.54) is 0 Å². The maximum absolute atomic E-state index is 6.31. The molecule has 3 heterocycles. The summed E-state index contributed by atoms with van der Waals surface area (Å²) in [6.45, 7) is 1.56. The predicted octanol–water partition coefficient (Wildman–Crippen LogP) is 4.07. The molecule has 0 saturated carbocycles. The van der Waals surface area contributed by atoms with Crippen molar-refractivity contribution in [3.05, 3.63) is 67.3 Å². The monoisotopic (exact) mass is 371 g/mol. The van der Waals surface area contributed by atoms with Crippen LogP contribution in [0, 0.1) is 0 Å². The van der Waals surface area contributed by atoms with Crippen LogP contribution in [0.4, 0.5) is 5.82 Å². The topological polar surface area (TPSA) is 66.9 Å². The number of benzene rings is 2. The largest absolute Gasteiger partial charge is 0.491 e. The SMILES string of the molecule is c1ccc(-c2ccccc2OC[C@H]2CCCN2c2ncnc3[nH]cnc23)cc1. The molecular formula is C22H21N5O. The molecule has 1 fully saturated rings. The van der Waals surface area contributed by atoms with Crippen LogP contribution in [0.1, 0.15) is 12.8 Å². The Kier molecular flexibility index (Phi) is 4.37. The van der Waals surface area contributed by atoms with Gasteiger partial charge in [-0.15, -0.1) is 0 Å². The maximum Gasteiger partial charge on any atom is 0.162 e. The van der Waals surface area contributed by atoms with Crippen LogP contribution in [0.3, 0.4) is 0 Å². The van der Waals surface area contributed by atoms with Gasteiger partial charge in [0.15, 0.2) is 11.5 Å². The highest BCUT2D eigenvalue weighted by Crippen LogP contribution is 2.32. The van der Waals surface area contributed by atoms with E-state index in [-0.39, 0.29) is 6.04 Å². The number of fused-ring (bicyclic) bond motifs is 1. The highest BCUT2D eigenvalue weighted by molar-refractivity contribution is 5.83. The molecule has 1 atom stereocenters. The van der Waals surface area contributed by atoms with E-state index in [4.69, 9.17) is 4.74 Å². The summed E-state index contributed by atoms with van der Waals surface area (Å²) in [5.74, 6) is 1.79. The Labute approximate surface area is 163 Å². The molecule has 0 amide bonds. The minimum atomic E-state index is 0.263. The summed E-state index contributed by atoms with van der Waals surface area (Å²) in [4.78, 5) is 18.5. The Morgan fingerprint density at radius 1 is 1.00 bits per heavy atom. The lowest BCUT2D eigenvalue weighted by atomic mass is 10.0. The van der Waals surface area contributed by atoms with Gasteiger partial charge in [0.2, 0.25) is 0 Å². The van der Waals surface area contributed by atoms with Crippen molar-refractivity contribution in [2.24, 2.45) is 0 Å². The molecule has 6 heteroatoms. The van der Waals surface area contributed by atoms with E-state index in [0.29, 0.717) is 6.61 Å². The quantitative estimate of drug-likeness (QED) is 0.573. The van der Waals surface area contributed by atoms with Crippen molar-refractivity contribution in [2.75, 3.05) is 18.1 Å². The summed E-state index contributed by atoms with van der Waals surface area (Å²) in [5.41, 5.74) is 3.87. The summed E-state index contributed by atoms with van der Waals surface area (Å²) in [5, 5.41) is 0. The summed E-state index contributed by atoms with van der Waals surface area (Å²) >= 11 is 0.